The molecule has 1 atom stereocenters. The highest BCUT2D eigenvalue weighted by molar-refractivity contribution is 7.98. The van der Waals surface area contributed by atoms with Gasteiger partial charge in [0, 0.05) is 29.3 Å². The van der Waals surface area contributed by atoms with E-state index in [-0.39, 0.29) is 17.9 Å². The summed E-state index contributed by atoms with van der Waals surface area (Å²) in [7, 11) is 0. The van der Waals surface area contributed by atoms with Crippen LogP contribution in [-0.2, 0) is 9.59 Å². The molecule has 0 aromatic heterocycles. The number of nitrogens with one attached hydrogen (secondary N) is 2. The Hall–Kier alpha value is -2.91. The summed E-state index contributed by atoms with van der Waals surface area (Å²) in [6.07, 6.45) is 0.997. The summed E-state index contributed by atoms with van der Waals surface area (Å²) in [5, 5.41) is 25.3. The third-order valence-electron chi connectivity index (χ3n) is 3.50. The van der Waals surface area contributed by atoms with E-state index in [1.807, 2.05) is 18.4 Å². The zero-order valence-corrected chi connectivity index (χ0v) is 14.7. The number of nitro groups is 1. The fraction of sp³-hybridized carbons (Fsp3) is 0.176. The highest BCUT2D eigenvalue weighted by Crippen LogP contribution is 2.19. The quantitative estimate of drug-likeness (QED) is 0.308. The first-order chi connectivity index (χ1) is 12.4. The van der Waals surface area contributed by atoms with Crippen molar-refractivity contribution in [1.82, 2.24) is 5.32 Å². The van der Waals surface area contributed by atoms with Gasteiger partial charge in [0.1, 0.15) is 0 Å². The van der Waals surface area contributed by atoms with E-state index in [4.69, 9.17) is 0 Å². The molecule has 0 aliphatic carbocycles. The maximum atomic E-state index is 11.8. The van der Waals surface area contributed by atoms with Crippen LogP contribution < -0.4 is 10.6 Å². The third-order valence-corrected chi connectivity index (χ3v) is 4.24. The molecule has 0 bridgehead atoms. The SMILES string of the molecule is CSc1ccc(C(O)CNC(=O)C(=O)Nc2ccc([N+](=O)[O-])cc2)cc1. The van der Waals surface area contributed by atoms with Crippen LogP contribution in [0.25, 0.3) is 0 Å². The second-order valence-corrected chi connectivity index (χ2v) is 6.14. The predicted octanol–water partition coefficient (Wildman–Crippen LogP) is 2.10. The normalized spacial score (nSPS) is 11.5. The summed E-state index contributed by atoms with van der Waals surface area (Å²) in [5.41, 5.74) is 0.755. The number of carbonyl (C=O) groups is 2. The first kappa shape index (κ1) is 19.4. The monoisotopic (exact) mass is 375 g/mol. The second-order valence-electron chi connectivity index (χ2n) is 5.26. The molecule has 0 fully saturated rings. The number of nitrogens with zero attached hydrogens (tertiary/aromatic N) is 1. The van der Waals surface area contributed by atoms with E-state index in [2.05, 4.69) is 10.6 Å². The molecule has 0 heterocycles. The Morgan fingerprint density at radius 2 is 1.73 bits per heavy atom. The lowest BCUT2D eigenvalue weighted by atomic mass is 10.1. The van der Waals surface area contributed by atoms with E-state index in [0.717, 1.165) is 4.90 Å². The Labute approximate surface area is 153 Å². The Morgan fingerprint density at radius 1 is 1.12 bits per heavy atom. The molecular weight excluding hydrogens is 358 g/mol. The van der Waals surface area contributed by atoms with Gasteiger partial charge in [-0.05, 0) is 36.1 Å². The molecule has 1 unspecified atom stereocenters. The van der Waals surface area contributed by atoms with Crippen LogP contribution >= 0.6 is 11.8 Å². The average molecular weight is 375 g/mol. The minimum absolute atomic E-state index is 0.120. The first-order valence-electron chi connectivity index (χ1n) is 7.56. The van der Waals surface area contributed by atoms with Gasteiger partial charge in [-0.15, -0.1) is 11.8 Å². The minimum atomic E-state index is -0.943. The van der Waals surface area contributed by atoms with Crippen LogP contribution in [0.3, 0.4) is 0 Å². The molecule has 3 N–H and O–H groups in total. The maximum absolute atomic E-state index is 11.8. The number of non-ortho nitro benzene ring substituents is 1. The highest BCUT2D eigenvalue weighted by Gasteiger charge is 2.16. The van der Waals surface area contributed by atoms with Gasteiger partial charge in [-0.25, -0.2) is 0 Å². The van der Waals surface area contributed by atoms with Gasteiger partial charge in [0.25, 0.3) is 5.69 Å². The minimum Gasteiger partial charge on any atom is -0.387 e. The smallest absolute Gasteiger partial charge is 0.313 e. The number of carbonyl (C=O) groups excluding carboxylic acids is 2. The molecule has 0 radical (unpaired) electrons. The summed E-state index contributed by atoms with van der Waals surface area (Å²) in [4.78, 5) is 34.7. The largest absolute Gasteiger partial charge is 0.387 e. The van der Waals surface area contributed by atoms with Gasteiger partial charge in [-0.3, -0.25) is 19.7 Å². The molecular formula is C17H17N3O5S. The number of hydrogen-bond acceptors (Lipinski definition) is 6. The van der Waals surface area contributed by atoms with Crippen LogP contribution in [0.5, 0.6) is 0 Å². The molecule has 2 rings (SSSR count). The van der Waals surface area contributed by atoms with Crippen molar-refractivity contribution in [1.29, 1.82) is 0 Å². The zero-order valence-electron chi connectivity index (χ0n) is 13.8. The van der Waals surface area contributed by atoms with Gasteiger partial charge in [0.05, 0.1) is 11.0 Å². The van der Waals surface area contributed by atoms with E-state index in [9.17, 15) is 24.8 Å². The second kappa shape index (κ2) is 8.97. The van der Waals surface area contributed by atoms with Crippen molar-refractivity contribution in [3.8, 4) is 0 Å². The van der Waals surface area contributed by atoms with Crippen LogP contribution in [0.4, 0.5) is 11.4 Å². The van der Waals surface area contributed by atoms with Crippen LogP contribution in [0, 0.1) is 10.1 Å². The summed E-state index contributed by atoms with van der Waals surface area (Å²) >= 11 is 1.57. The summed E-state index contributed by atoms with van der Waals surface area (Å²) < 4.78 is 0. The Balaban J connectivity index is 1.86. The first-order valence-corrected chi connectivity index (χ1v) is 8.79. The number of thioether (sulfide) groups is 1. The molecule has 9 heteroatoms. The van der Waals surface area contributed by atoms with Gasteiger partial charge in [-0.2, -0.15) is 0 Å². The number of amides is 2. The Kier molecular flexibility index (Phi) is 6.70. The fourth-order valence-electron chi connectivity index (χ4n) is 2.07. The molecule has 8 nitrogen and oxygen atoms in total. The summed E-state index contributed by atoms with van der Waals surface area (Å²) in [6.45, 7) is -0.120. The molecule has 2 aromatic rings. The van der Waals surface area contributed by atoms with Crippen LogP contribution in [0.15, 0.2) is 53.4 Å². The van der Waals surface area contributed by atoms with Gasteiger partial charge in [0.2, 0.25) is 0 Å². The van der Waals surface area contributed by atoms with Crippen LogP contribution in [0.1, 0.15) is 11.7 Å². The van der Waals surface area contributed by atoms with Crippen molar-refractivity contribution in [2.45, 2.75) is 11.0 Å². The number of rotatable bonds is 6. The Morgan fingerprint density at radius 3 is 2.27 bits per heavy atom. The number of aliphatic hydroxyl groups is 1. The van der Waals surface area contributed by atoms with Crippen molar-refractivity contribution in [3.63, 3.8) is 0 Å². The Bertz CT molecular complexity index is 793. The van der Waals surface area contributed by atoms with E-state index < -0.39 is 22.8 Å². The molecule has 2 aromatic carbocycles. The molecule has 26 heavy (non-hydrogen) atoms. The van der Waals surface area contributed by atoms with E-state index in [1.165, 1.54) is 24.3 Å². The third kappa shape index (κ3) is 5.30. The van der Waals surface area contributed by atoms with E-state index >= 15 is 0 Å². The standard InChI is InChI=1S/C17H17N3O5S/c1-26-14-8-2-11(3-9-14)15(21)10-18-16(22)17(23)19-12-4-6-13(7-5-12)20(24)25/h2-9,15,21H,10H2,1H3,(H,18,22)(H,19,23). The van der Waals surface area contributed by atoms with E-state index in [1.54, 1.807) is 23.9 Å². The van der Waals surface area contributed by atoms with Crippen molar-refractivity contribution < 1.29 is 19.6 Å². The maximum Gasteiger partial charge on any atom is 0.313 e. The highest BCUT2D eigenvalue weighted by atomic mass is 32.2. The van der Waals surface area contributed by atoms with E-state index in [0.29, 0.717) is 5.56 Å². The topological polar surface area (TPSA) is 122 Å². The zero-order chi connectivity index (χ0) is 19.1. The lowest BCUT2D eigenvalue weighted by Crippen LogP contribution is -2.37. The molecule has 0 aliphatic heterocycles. The molecule has 136 valence electrons. The van der Waals surface area contributed by atoms with Crippen molar-refractivity contribution in [2.24, 2.45) is 0 Å². The fourth-order valence-corrected chi connectivity index (χ4v) is 2.48. The van der Waals surface area contributed by atoms with Crippen LogP contribution in [-0.4, -0.2) is 34.6 Å². The molecule has 0 aliphatic rings. The molecule has 2 amide bonds. The number of nitro benzene ring substituents is 1. The van der Waals surface area contributed by atoms with Crippen molar-refractivity contribution in [3.05, 3.63) is 64.2 Å². The van der Waals surface area contributed by atoms with Crippen molar-refractivity contribution >= 4 is 35.0 Å². The van der Waals surface area contributed by atoms with Gasteiger partial charge >= 0.3 is 11.8 Å². The lowest BCUT2D eigenvalue weighted by Gasteiger charge is -2.12. The number of benzene rings is 2. The number of hydrogen-bond donors (Lipinski definition) is 3. The molecule has 0 spiro atoms. The number of aliphatic hydroxyl groups excluding tert-OH is 1. The number of anilines is 1. The van der Waals surface area contributed by atoms with Gasteiger partial charge in [-0.1, -0.05) is 12.1 Å². The summed E-state index contributed by atoms with van der Waals surface area (Å²) in [5.74, 6) is -1.84. The van der Waals surface area contributed by atoms with Crippen molar-refractivity contribution in [2.75, 3.05) is 18.1 Å². The average Bonchev–Trinajstić information content (AvgIpc) is 2.66. The van der Waals surface area contributed by atoms with Gasteiger partial charge < -0.3 is 15.7 Å². The predicted molar refractivity (Wildman–Crippen MR) is 97.9 cm³/mol. The molecule has 0 saturated heterocycles. The molecule has 0 saturated carbocycles. The van der Waals surface area contributed by atoms with Crippen LogP contribution in [0.2, 0.25) is 0 Å². The summed E-state index contributed by atoms with van der Waals surface area (Å²) in [6, 6.07) is 12.3. The van der Waals surface area contributed by atoms with Gasteiger partial charge in [0.15, 0.2) is 0 Å². The lowest BCUT2D eigenvalue weighted by molar-refractivity contribution is -0.384.